The summed E-state index contributed by atoms with van der Waals surface area (Å²) < 4.78 is 31.9. The van der Waals surface area contributed by atoms with Crippen LogP contribution >= 0.6 is 0 Å². The average molecular weight is 349 g/mol. The van der Waals surface area contributed by atoms with E-state index in [-0.39, 0.29) is 17.0 Å². The van der Waals surface area contributed by atoms with E-state index in [0.29, 0.717) is 0 Å². The quantitative estimate of drug-likeness (QED) is 0.794. The molecule has 128 valence electrons. The van der Waals surface area contributed by atoms with E-state index in [4.69, 9.17) is 0 Å². The molecule has 8 heteroatoms. The second kappa shape index (κ2) is 7.41. The number of sulfonamides is 1. The molecule has 0 amide bonds. The van der Waals surface area contributed by atoms with Crippen molar-refractivity contribution >= 4 is 21.8 Å². The lowest BCUT2D eigenvalue weighted by atomic mass is 10.2. The van der Waals surface area contributed by atoms with Gasteiger partial charge in [0, 0.05) is 26.8 Å². The first kappa shape index (κ1) is 17.9. The van der Waals surface area contributed by atoms with Crippen LogP contribution in [0, 0.1) is 0 Å². The first-order valence-electron chi connectivity index (χ1n) is 7.14. The Hall–Kier alpha value is -2.45. The molecule has 0 unspecified atom stereocenters. The highest BCUT2D eigenvalue weighted by Gasteiger charge is 2.16. The molecule has 0 radical (unpaired) electrons. The van der Waals surface area contributed by atoms with Crippen molar-refractivity contribution < 1.29 is 17.9 Å². The number of hydrogen-bond donors (Lipinski definition) is 1. The summed E-state index contributed by atoms with van der Waals surface area (Å²) in [7, 11) is 1.21. The number of anilines is 1. The molecule has 0 fully saturated rings. The van der Waals surface area contributed by atoms with Gasteiger partial charge in [-0.15, -0.1) is 0 Å². The van der Waals surface area contributed by atoms with E-state index in [1.54, 1.807) is 18.3 Å². The molecule has 0 spiro atoms. The molecule has 7 nitrogen and oxygen atoms in total. The van der Waals surface area contributed by atoms with E-state index in [1.165, 1.54) is 31.4 Å². The first-order chi connectivity index (χ1) is 11.3. The molecule has 0 saturated heterocycles. The number of nitrogens with one attached hydrogen (secondary N) is 1. The number of pyridine rings is 1. The second-order valence-electron chi connectivity index (χ2n) is 5.26. The Bertz CT molecular complexity index is 835. The van der Waals surface area contributed by atoms with Gasteiger partial charge in [0.25, 0.3) is 0 Å². The standard InChI is InChI=1S/C16H19N3O4S/c1-19(2)15-9-12(7-8-17-15)11-18-24(21,22)14-6-4-5-13(10-14)16(20)23-3/h4-10,18H,11H2,1-3H3. The fraction of sp³-hybridized carbons (Fsp3) is 0.250. The van der Waals surface area contributed by atoms with Crippen LogP contribution in [0.1, 0.15) is 15.9 Å². The van der Waals surface area contributed by atoms with Crippen LogP contribution < -0.4 is 9.62 Å². The number of esters is 1. The van der Waals surface area contributed by atoms with E-state index in [1.807, 2.05) is 19.0 Å². The maximum absolute atomic E-state index is 12.4. The normalized spacial score (nSPS) is 11.1. The number of carbonyl (C=O) groups excluding carboxylic acids is 1. The van der Waals surface area contributed by atoms with Gasteiger partial charge in [0.15, 0.2) is 0 Å². The Morgan fingerprint density at radius 2 is 2.00 bits per heavy atom. The van der Waals surface area contributed by atoms with Crippen molar-refractivity contribution in [1.29, 1.82) is 0 Å². The molecule has 1 aromatic carbocycles. The van der Waals surface area contributed by atoms with Gasteiger partial charge in [-0.25, -0.2) is 22.9 Å². The number of rotatable bonds is 6. The summed E-state index contributed by atoms with van der Waals surface area (Å²) in [6.07, 6.45) is 1.62. The van der Waals surface area contributed by atoms with E-state index >= 15 is 0 Å². The van der Waals surface area contributed by atoms with Crippen molar-refractivity contribution in [3.8, 4) is 0 Å². The Balaban J connectivity index is 2.17. The number of carbonyl (C=O) groups is 1. The molecular formula is C16H19N3O4S. The number of methoxy groups -OCH3 is 1. The highest BCUT2D eigenvalue weighted by molar-refractivity contribution is 7.89. The fourth-order valence-corrected chi connectivity index (χ4v) is 3.05. The van der Waals surface area contributed by atoms with Gasteiger partial charge < -0.3 is 9.64 Å². The molecule has 0 atom stereocenters. The smallest absolute Gasteiger partial charge is 0.337 e. The molecule has 0 bridgehead atoms. The predicted molar refractivity (Wildman–Crippen MR) is 90.4 cm³/mol. The van der Waals surface area contributed by atoms with Gasteiger partial charge in [-0.3, -0.25) is 0 Å². The molecular weight excluding hydrogens is 330 g/mol. The highest BCUT2D eigenvalue weighted by atomic mass is 32.2. The highest BCUT2D eigenvalue weighted by Crippen LogP contribution is 2.14. The van der Waals surface area contributed by atoms with Crippen LogP contribution in [0.3, 0.4) is 0 Å². The molecule has 0 aliphatic heterocycles. The summed E-state index contributed by atoms with van der Waals surface area (Å²) >= 11 is 0. The third-order valence-electron chi connectivity index (χ3n) is 3.30. The zero-order valence-electron chi connectivity index (χ0n) is 13.7. The summed E-state index contributed by atoms with van der Waals surface area (Å²) in [6, 6.07) is 9.24. The monoisotopic (exact) mass is 349 g/mol. The Labute approximate surface area is 141 Å². The number of ether oxygens (including phenoxy) is 1. The van der Waals surface area contributed by atoms with Gasteiger partial charge in [0.05, 0.1) is 17.6 Å². The van der Waals surface area contributed by atoms with Crippen molar-refractivity contribution in [2.45, 2.75) is 11.4 Å². The summed E-state index contributed by atoms with van der Waals surface area (Å²) in [5.74, 6) is 0.149. The summed E-state index contributed by atoms with van der Waals surface area (Å²) in [5.41, 5.74) is 0.959. The molecule has 0 aliphatic carbocycles. The third-order valence-corrected chi connectivity index (χ3v) is 4.70. The SMILES string of the molecule is COC(=O)c1cccc(S(=O)(=O)NCc2ccnc(N(C)C)c2)c1. The molecule has 1 N–H and O–H groups in total. The largest absolute Gasteiger partial charge is 0.465 e. The molecule has 0 saturated carbocycles. The van der Waals surface area contributed by atoms with Crippen LogP contribution in [-0.4, -0.2) is 40.6 Å². The topological polar surface area (TPSA) is 88.6 Å². The van der Waals surface area contributed by atoms with Gasteiger partial charge in [-0.1, -0.05) is 6.07 Å². The van der Waals surface area contributed by atoms with Gasteiger partial charge in [0.2, 0.25) is 10.0 Å². The first-order valence-corrected chi connectivity index (χ1v) is 8.62. The Morgan fingerprint density at radius 1 is 1.25 bits per heavy atom. The number of hydrogen-bond acceptors (Lipinski definition) is 6. The van der Waals surface area contributed by atoms with Gasteiger partial charge in [0.1, 0.15) is 5.82 Å². The van der Waals surface area contributed by atoms with E-state index in [0.717, 1.165) is 11.4 Å². The molecule has 0 aliphatic rings. The fourth-order valence-electron chi connectivity index (χ4n) is 1.98. The molecule has 2 rings (SSSR count). The third kappa shape index (κ3) is 4.30. The number of nitrogens with zero attached hydrogens (tertiary/aromatic N) is 2. The van der Waals surface area contributed by atoms with E-state index in [2.05, 4.69) is 14.4 Å². The zero-order chi connectivity index (χ0) is 17.7. The van der Waals surface area contributed by atoms with Crippen LogP contribution in [0.25, 0.3) is 0 Å². The number of aromatic nitrogens is 1. The van der Waals surface area contributed by atoms with Crippen LogP contribution in [0.5, 0.6) is 0 Å². The van der Waals surface area contributed by atoms with Crippen molar-refractivity contribution in [2.75, 3.05) is 26.1 Å². The summed E-state index contributed by atoms with van der Waals surface area (Å²) in [6.45, 7) is 0.119. The average Bonchev–Trinajstić information content (AvgIpc) is 2.59. The van der Waals surface area contributed by atoms with E-state index < -0.39 is 16.0 Å². The van der Waals surface area contributed by atoms with Crippen molar-refractivity contribution in [1.82, 2.24) is 9.71 Å². The Kier molecular flexibility index (Phi) is 5.53. The van der Waals surface area contributed by atoms with Crippen LogP contribution in [0.2, 0.25) is 0 Å². The number of benzene rings is 1. The van der Waals surface area contributed by atoms with Gasteiger partial charge in [-0.05, 0) is 35.9 Å². The van der Waals surface area contributed by atoms with Crippen LogP contribution in [0.15, 0.2) is 47.5 Å². The van der Waals surface area contributed by atoms with Crippen molar-refractivity contribution in [3.05, 3.63) is 53.7 Å². The minimum absolute atomic E-state index is 0.00675. The minimum Gasteiger partial charge on any atom is -0.465 e. The minimum atomic E-state index is -3.75. The molecule has 24 heavy (non-hydrogen) atoms. The second-order valence-corrected chi connectivity index (χ2v) is 7.03. The van der Waals surface area contributed by atoms with Gasteiger partial charge >= 0.3 is 5.97 Å². The Morgan fingerprint density at radius 3 is 2.67 bits per heavy atom. The lowest BCUT2D eigenvalue weighted by Gasteiger charge is -2.13. The lowest BCUT2D eigenvalue weighted by molar-refractivity contribution is 0.0600. The molecule has 2 aromatic rings. The molecule has 1 heterocycles. The maximum Gasteiger partial charge on any atom is 0.337 e. The zero-order valence-corrected chi connectivity index (χ0v) is 14.5. The molecule has 1 aromatic heterocycles. The van der Waals surface area contributed by atoms with Crippen molar-refractivity contribution in [3.63, 3.8) is 0 Å². The van der Waals surface area contributed by atoms with Crippen LogP contribution in [0.4, 0.5) is 5.82 Å². The van der Waals surface area contributed by atoms with Crippen LogP contribution in [-0.2, 0) is 21.3 Å². The lowest BCUT2D eigenvalue weighted by Crippen LogP contribution is -2.23. The maximum atomic E-state index is 12.4. The summed E-state index contributed by atoms with van der Waals surface area (Å²) in [4.78, 5) is 17.5. The predicted octanol–water partition coefficient (Wildman–Crippen LogP) is 1.41. The van der Waals surface area contributed by atoms with Crippen molar-refractivity contribution in [2.24, 2.45) is 0 Å². The summed E-state index contributed by atoms with van der Waals surface area (Å²) in [5, 5.41) is 0. The van der Waals surface area contributed by atoms with E-state index in [9.17, 15) is 13.2 Å². The van der Waals surface area contributed by atoms with Gasteiger partial charge in [-0.2, -0.15) is 0 Å².